The molecule has 1 heterocycles. The van der Waals surface area contributed by atoms with Gasteiger partial charge in [0.1, 0.15) is 5.69 Å². The van der Waals surface area contributed by atoms with Crippen LogP contribution in [0.25, 0.3) is 10.9 Å². The molecule has 0 saturated carbocycles. The molecule has 2 rings (SSSR count). The van der Waals surface area contributed by atoms with Crippen LogP contribution >= 0.6 is 0 Å². The summed E-state index contributed by atoms with van der Waals surface area (Å²) in [4.78, 5) is 0. The first kappa shape index (κ1) is 12.0. The SMILES string of the molecule is CC(N)c1ccc2c(c1)cc(C(F)(F)F)n2C. The third-order valence-corrected chi connectivity index (χ3v) is 2.88. The van der Waals surface area contributed by atoms with E-state index in [1.807, 2.05) is 0 Å². The topological polar surface area (TPSA) is 30.9 Å². The van der Waals surface area contributed by atoms with Crippen LogP contribution in [0.15, 0.2) is 24.3 Å². The van der Waals surface area contributed by atoms with Crippen LogP contribution in [0.3, 0.4) is 0 Å². The first-order valence-electron chi connectivity index (χ1n) is 5.23. The average molecular weight is 242 g/mol. The molecule has 5 heteroatoms. The van der Waals surface area contributed by atoms with Gasteiger partial charge in [0.15, 0.2) is 0 Å². The third-order valence-electron chi connectivity index (χ3n) is 2.88. The van der Waals surface area contributed by atoms with Gasteiger partial charge in [0, 0.05) is 24.0 Å². The van der Waals surface area contributed by atoms with Crippen molar-refractivity contribution in [2.75, 3.05) is 0 Å². The van der Waals surface area contributed by atoms with Crippen molar-refractivity contribution in [1.29, 1.82) is 0 Å². The van der Waals surface area contributed by atoms with Crippen LogP contribution in [0.2, 0.25) is 0 Å². The molecular formula is C12H13F3N2. The summed E-state index contributed by atoms with van der Waals surface area (Å²) in [6, 6.07) is 6.10. The minimum absolute atomic E-state index is 0.186. The molecule has 0 bridgehead atoms. The van der Waals surface area contributed by atoms with Gasteiger partial charge in [0.05, 0.1) is 0 Å². The van der Waals surface area contributed by atoms with Crippen molar-refractivity contribution in [3.63, 3.8) is 0 Å². The molecule has 2 nitrogen and oxygen atoms in total. The van der Waals surface area contributed by atoms with Crippen molar-refractivity contribution in [2.24, 2.45) is 12.8 Å². The highest BCUT2D eigenvalue weighted by atomic mass is 19.4. The van der Waals surface area contributed by atoms with Crippen molar-refractivity contribution in [2.45, 2.75) is 19.1 Å². The second-order valence-electron chi connectivity index (χ2n) is 4.19. The van der Waals surface area contributed by atoms with Gasteiger partial charge in [-0.2, -0.15) is 13.2 Å². The maximum absolute atomic E-state index is 12.7. The second kappa shape index (κ2) is 3.77. The summed E-state index contributed by atoms with van der Waals surface area (Å²) in [5.41, 5.74) is 6.45. The number of aryl methyl sites for hydroxylation is 1. The van der Waals surface area contributed by atoms with E-state index in [-0.39, 0.29) is 6.04 Å². The van der Waals surface area contributed by atoms with Gasteiger partial charge >= 0.3 is 6.18 Å². The van der Waals surface area contributed by atoms with Crippen molar-refractivity contribution >= 4 is 10.9 Å². The zero-order valence-electron chi connectivity index (χ0n) is 9.55. The molecule has 1 atom stereocenters. The second-order valence-corrected chi connectivity index (χ2v) is 4.19. The first-order chi connectivity index (χ1) is 7.80. The molecule has 1 aromatic heterocycles. The van der Waals surface area contributed by atoms with Crippen LogP contribution in [0.1, 0.15) is 24.2 Å². The van der Waals surface area contributed by atoms with Gasteiger partial charge in [0.2, 0.25) is 0 Å². The Balaban J connectivity index is 2.66. The summed E-state index contributed by atoms with van der Waals surface area (Å²) >= 11 is 0. The van der Waals surface area contributed by atoms with Gasteiger partial charge < -0.3 is 10.3 Å². The Morgan fingerprint density at radius 3 is 2.41 bits per heavy atom. The number of hydrogen-bond donors (Lipinski definition) is 1. The van der Waals surface area contributed by atoms with Gasteiger partial charge in [0.25, 0.3) is 0 Å². The fourth-order valence-electron chi connectivity index (χ4n) is 1.92. The number of alkyl halides is 3. The number of hydrogen-bond acceptors (Lipinski definition) is 1. The summed E-state index contributed by atoms with van der Waals surface area (Å²) < 4.78 is 39.3. The fourth-order valence-corrected chi connectivity index (χ4v) is 1.92. The molecule has 0 aliphatic carbocycles. The summed E-state index contributed by atoms with van der Waals surface area (Å²) in [6.45, 7) is 1.80. The van der Waals surface area contributed by atoms with E-state index in [0.29, 0.717) is 10.9 Å². The van der Waals surface area contributed by atoms with Crippen molar-refractivity contribution in [3.05, 3.63) is 35.5 Å². The van der Waals surface area contributed by atoms with Crippen LogP contribution in [0.5, 0.6) is 0 Å². The summed E-state index contributed by atoms with van der Waals surface area (Å²) in [6.07, 6.45) is -4.33. The predicted octanol–water partition coefficient (Wildman–Crippen LogP) is 3.22. The molecule has 1 aromatic carbocycles. The zero-order valence-corrected chi connectivity index (χ0v) is 9.55. The first-order valence-corrected chi connectivity index (χ1v) is 5.23. The molecule has 0 aliphatic heterocycles. The molecule has 0 amide bonds. The summed E-state index contributed by atoms with van der Waals surface area (Å²) in [7, 11) is 1.41. The molecule has 1 unspecified atom stereocenters. The van der Waals surface area contributed by atoms with Crippen LogP contribution in [-0.2, 0) is 13.2 Å². The number of nitrogens with zero attached hydrogens (tertiary/aromatic N) is 1. The smallest absolute Gasteiger partial charge is 0.340 e. The van der Waals surface area contributed by atoms with E-state index < -0.39 is 11.9 Å². The van der Waals surface area contributed by atoms with Crippen LogP contribution in [0, 0.1) is 0 Å². The molecule has 0 aliphatic rings. The van der Waals surface area contributed by atoms with Crippen LogP contribution in [0.4, 0.5) is 13.2 Å². The van der Waals surface area contributed by atoms with Gasteiger partial charge in [-0.05, 0) is 30.7 Å². The van der Waals surface area contributed by atoms with Gasteiger partial charge in [-0.25, -0.2) is 0 Å². The van der Waals surface area contributed by atoms with E-state index in [1.54, 1.807) is 25.1 Å². The Labute approximate surface area is 96.8 Å². The monoisotopic (exact) mass is 242 g/mol. The number of halogens is 3. The minimum Gasteiger partial charge on any atom is -0.340 e. The molecule has 0 spiro atoms. The lowest BCUT2D eigenvalue weighted by molar-refractivity contribution is -0.142. The number of aromatic nitrogens is 1. The van der Waals surface area contributed by atoms with Crippen LogP contribution < -0.4 is 5.73 Å². The fraction of sp³-hybridized carbons (Fsp3) is 0.333. The van der Waals surface area contributed by atoms with E-state index in [4.69, 9.17) is 5.73 Å². The lowest BCUT2D eigenvalue weighted by Crippen LogP contribution is -2.10. The molecule has 0 saturated heterocycles. The highest BCUT2D eigenvalue weighted by molar-refractivity contribution is 5.82. The maximum Gasteiger partial charge on any atom is 0.431 e. The van der Waals surface area contributed by atoms with E-state index in [0.717, 1.165) is 16.2 Å². The highest BCUT2D eigenvalue weighted by Gasteiger charge is 2.34. The van der Waals surface area contributed by atoms with E-state index in [1.165, 1.54) is 7.05 Å². The summed E-state index contributed by atoms with van der Waals surface area (Å²) in [5, 5.41) is 0.564. The van der Waals surface area contributed by atoms with Crippen LogP contribution in [-0.4, -0.2) is 4.57 Å². The van der Waals surface area contributed by atoms with Gasteiger partial charge in [-0.1, -0.05) is 6.07 Å². The van der Waals surface area contributed by atoms with Crippen molar-refractivity contribution in [1.82, 2.24) is 4.57 Å². The van der Waals surface area contributed by atoms with E-state index in [2.05, 4.69) is 0 Å². The molecule has 17 heavy (non-hydrogen) atoms. The van der Waals surface area contributed by atoms with E-state index in [9.17, 15) is 13.2 Å². The average Bonchev–Trinajstić information content (AvgIpc) is 2.55. The lowest BCUT2D eigenvalue weighted by Gasteiger charge is -2.08. The minimum atomic E-state index is -4.33. The Kier molecular flexibility index (Phi) is 2.66. The lowest BCUT2D eigenvalue weighted by atomic mass is 10.1. The van der Waals surface area contributed by atoms with E-state index >= 15 is 0 Å². The largest absolute Gasteiger partial charge is 0.431 e. The molecule has 2 aromatic rings. The number of fused-ring (bicyclic) bond motifs is 1. The molecule has 2 N–H and O–H groups in total. The Bertz CT molecular complexity index is 553. The summed E-state index contributed by atoms with van der Waals surface area (Å²) in [5.74, 6) is 0. The molecule has 0 radical (unpaired) electrons. The highest BCUT2D eigenvalue weighted by Crippen LogP contribution is 2.33. The third kappa shape index (κ3) is 2.02. The molecule has 92 valence electrons. The van der Waals surface area contributed by atoms with Gasteiger partial charge in [-0.15, -0.1) is 0 Å². The maximum atomic E-state index is 12.7. The molecular weight excluding hydrogens is 229 g/mol. The molecule has 0 fully saturated rings. The predicted molar refractivity (Wildman–Crippen MR) is 60.5 cm³/mol. The zero-order chi connectivity index (χ0) is 12.8. The quantitative estimate of drug-likeness (QED) is 0.817. The number of benzene rings is 1. The Morgan fingerprint density at radius 2 is 1.88 bits per heavy atom. The Morgan fingerprint density at radius 1 is 1.24 bits per heavy atom. The number of nitrogens with two attached hydrogens (primary N) is 1. The standard InChI is InChI=1S/C12H13F3N2/c1-7(16)8-3-4-10-9(5-8)6-11(17(10)2)12(13,14)15/h3-7H,16H2,1-2H3. The van der Waals surface area contributed by atoms with Gasteiger partial charge in [-0.3, -0.25) is 0 Å². The van der Waals surface area contributed by atoms with Crippen molar-refractivity contribution < 1.29 is 13.2 Å². The normalized spacial score (nSPS) is 14.2. The Hall–Kier alpha value is -1.49. The number of rotatable bonds is 1. The van der Waals surface area contributed by atoms with Crippen molar-refractivity contribution in [3.8, 4) is 0 Å².